The van der Waals surface area contributed by atoms with Gasteiger partial charge >= 0.3 is 6.03 Å². The zero-order chi connectivity index (χ0) is 35.3. The molecule has 0 fully saturated rings. The van der Waals surface area contributed by atoms with Crippen molar-refractivity contribution in [3.8, 4) is 33.8 Å². The summed E-state index contributed by atoms with van der Waals surface area (Å²) in [5, 5.41) is 0. The van der Waals surface area contributed by atoms with Crippen LogP contribution in [0.25, 0.3) is 22.3 Å². The smallest absolute Gasteiger partial charge is 0.340 e. The summed E-state index contributed by atoms with van der Waals surface area (Å²) in [4.78, 5) is 0. The Morgan fingerprint density at radius 2 is 1.02 bits per heavy atom. The van der Waals surface area contributed by atoms with Crippen LogP contribution in [0.1, 0.15) is 74.9 Å². The highest BCUT2D eigenvalue weighted by Crippen LogP contribution is 2.50. The molecule has 52 heavy (non-hydrogen) atoms. The van der Waals surface area contributed by atoms with Crippen molar-refractivity contribution < 1.29 is 23.1 Å². The molecule has 3 heterocycles. The summed E-state index contributed by atoms with van der Waals surface area (Å²) in [6, 6.07) is 34.1. The normalized spacial score (nSPS) is 16.5. The Morgan fingerprint density at radius 3 is 1.48 bits per heavy atom. The fourth-order valence-electron chi connectivity index (χ4n) is 8.55. The van der Waals surface area contributed by atoms with Crippen LogP contribution in [0.2, 0.25) is 0 Å². The molecule has 3 aliphatic heterocycles. The molecule has 5 aromatic rings. The van der Waals surface area contributed by atoms with Gasteiger partial charge in [-0.05, 0) is 119 Å². The number of aryl methyl sites for hydroxylation is 3. The highest BCUT2D eigenvalue weighted by atomic mass is 16.7. The number of ether oxygens (including phenoxy) is 2. The largest absolute Gasteiger partial charge is 0.715 e. The van der Waals surface area contributed by atoms with Crippen LogP contribution in [0, 0.1) is 13.8 Å². The van der Waals surface area contributed by atoms with Crippen LogP contribution < -0.4 is 9.47 Å². The van der Waals surface area contributed by atoms with Crippen molar-refractivity contribution in [1.29, 1.82) is 0 Å². The van der Waals surface area contributed by atoms with Crippen molar-refractivity contribution in [1.82, 2.24) is 0 Å². The van der Waals surface area contributed by atoms with Crippen molar-refractivity contribution in [2.75, 3.05) is 26.2 Å². The van der Waals surface area contributed by atoms with Gasteiger partial charge in [-0.15, -0.1) is 0 Å². The number of para-hydroxylation sites is 2. The van der Waals surface area contributed by atoms with Crippen LogP contribution in [0.5, 0.6) is 11.5 Å². The van der Waals surface area contributed by atoms with E-state index in [0.29, 0.717) is 0 Å². The van der Waals surface area contributed by atoms with Gasteiger partial charge in [-0.2, -0.15) is 0 Å². The van der Waals surface area contributed by atoms with E-state index in [-0.39, 0.29) is 7.43 Å². The van der Waals surface area contributed by atoms with Gasteiger partial charge in [0.25, 0.3) is 11.4 Å². The van der Waals surface area contributed by atoms with Crippen molar-refractivity contribution in [2.45, 2.75) is 74.3 Å². The van der Waals surface area contributed by atoms with Gasteiger partial charge in [0.05, 0.1) is 37.3 Å². The summed E-state index contributed by atoms with van der Waals surface area (Å²) in [5.74, 6) is 1.70. The topological polar surface area (TPSA) is 24.5 Å². The third kappa shape index (κ3) is 5.67. The Morgan fingerprint density at radius 1 is 0.577 bits per heavy atom. The number of likely N-dealkylation sites (N-methyl/N-ethyl adjacent to an activating group) is 1. The summed E-state index contributed by atoms with van der Waals surface area (Å²) in [6.07, 6.45) is 7.66. The minimum Gasteiger partial charge on any atom is -0.340 e. The molecular formula is C47H54N3O2+3. The molecule has 266 valence electrons. The summed E-state index contributed by atoms with van der Waals surface area (Å²) in [7, 11) is 0. The molecule has 3 aliphatic rings. The Hall–Kier alpha value is -5.00. The predicted molar refractivity (Wildman–Crippen MR) is 215 cm³/mol. The van der Waals surface area contributed by atoms with Crippen LogP contribution in [0.4, 0.5) is 11.4 Å². The zero-order valence-electron chi connectivity index (χ0n) is 31.0. The molecule has 0 bridgehead atoms. The minimum absolute atomic E-state index is 0. The van der Waals surface area contributed by atoms with Crippen molar-refractivity contribution >= 4 is 23.8 Å². The lowest BCUT2D eigenvalue weighted by atomic mass is 9.93. The minimum atomic E-state index is -1.21. The van der Waals surface area contributed by atoms with Crippen LogP contribution in [0.3, 0.4) is 0 Å². The van der Waals surface area contributed by atoms with E-state index in [1.54, 1.807) is 0 Å². The predicted octanol–water partition coefficient (Wildman–Crippen LogP) is 10.6. The molecule has 0 aromatic heterocycles. The number of rotatable bonds is 10. The van der Waals surface area contributed by atoms with E-state index >= 15 is 0 Å². The van der Waals surface area contributed by atoms with Crippen molar-refractivity contribution in [3.63, 3.8) is 0 Å². The Kier molecular flexibility index (Phi) is 9.43. The molecular weight excluding hydrogens is 639 g/mol. The number of hydrogen-bond acceptors (Lipinski definition) is 2. The van der Waals surface area contributed by atoms with Crippen LogP contribution in [0.15, 0.2) is 97.1 Å². The van der Waals surface area contributed by atoms with Gasteiger partial charge in [0, 0.05) is 18.6 Å². The molecule has 0 radical (unpaired) electrons. The second-order valence-electron chi connectivity index (χ2n) is 14.5. The average molecular weight is 693 g/mol. The molecule has 5 nitrogen and oxygen atoms in total. The fourth-order valence-corrected chi connectivity index (χ4v) is 8.55. The maximum absolute atomic E-state index is 7.16. The Labute approximate surface area is 310 Å². The molecule has 0 N–H and O–H groups in total. The van der Waals surface area contributed by atoms with Crippen molar-refractivity contribution in [3.05, 3.63) is 130 Å². The maximum Gasteiger partial charge on any atom is 0.715 e. The van der Waals surface area contributed by atoms with E-state index in [9.17, 15) is 0 Å². The molecule has 1 atom stereocenters. The number of nitrogens with zero attached hydrogens (tertiary/aromatic N) is 3. The first kappa shape index (κ1) is 35.4. The lowest BCUT2D eigenvalue weighted by Gasteiger charge is -2.36. The maximum atomic E-state index is 7.16. The first-order valence-corrected chi connectivity index (χ1v) is 18.9. The van der Waals surface area contributed by atoms with Gasteiger partial charge in [0.1, 0.15) is 0 Å². The van der Waals surface area contributed by atoms with Gasteiger partial charge in [0.15, 0.2) is 23.9 Å². The molecule has 1 unspecified atom stereocenters. The van der Waals surface area contributed by atoms with Gasteiger partial charge in [-0.25, -0.2) is 0 Å². The van der Waals surface area contributed by atoms with E-state index < -0.39 is 6.03 Å². The average Bonchev–Trinajstić information content (AvgIpc) is 3.43. The van der Waals surface area contributed by atoms with E-state index in [2.05, 4.69) is 160 Å². The van der Waals surface area contributed by atoms with E-state index in [1.165, 1.54) is 33.4 Å². The van der Waals surface area contributed by atoms with Gasteiger partial charge in [-0.3, -0.25) is 0 Å². The van der Waals surface area contributed by atoms with Crippen LogP contribution >= 0.6 is 0 Å². The first-order valence-electron chi connectivity index (χ1n) is 18.9. The van der Waals surface area contributed by atoms with Crippen LogP contribution in [-0.2, 0) is 12.8 Å². The monoisotopic (exact) mass is 692 g/mol. The van der Waals surface area contributed by atoms with Crippen molar-refractivity contribution in [2.24, 2.45) is 0 Å². The quantitative estimate of drug-likeness (QED) is 0.107. The second-order valence-corrected chi connectivity index (χ2v) is 14.5. The molecule has 8 rings (SSSR count). The molecule has 5 heteroatoms. The first-order chi connectivity index (χ1) is 24.8. The second kappa shape index (κ2) is 13.9. The summed E-state index contributed by atoms with van der Waals surface area (Å²) >= 11 is 0. The number of quaternary nitrogens is 1. The standard InChI is InChI=1S/C46H50N3O2.CH4/c1-7-17-34-18-11-13-20-40(34)36-26-32(5)44-38(28-36)30-47-42-22-15-16-23-43(42)48-31-39-29-37(27-33(6)45(39)51-46(47,48)50-44)41-21-14-12-19-35(41)24-25-49(8-2,9-3)10-4;/h11-16,18-23,26-31H,7-10,17,24-25H2,1-6H3;1H4/q+3;. The number of benzene rings is 5. The van der Waals surface area contributed by atoms with E-state index in [4.69, 9.17) is 9.47 Å². The van der Waals surface area contributed by atoms with Crippen LogP contribution in [-0.4, -0.2) is 58.3 Å². The number of hydrogen-bond donors (Lipinski definition) is 0. The Balaban J connectivity index is 0.00000420. The van der Waals surface area contributed by atoms with Gasteiger partial charge in [-0.1, -0.05) is 81.4 Å². The molecule has 5 aromatic carbocycles. The zero-order valence-corrected chi connectivity index (χ0v) is 31.0. The van der Waals surface area contributed by atoms with Gasteiger partial charge in [0.2, 0.25) is 0 Å². The SMILES string of the molecule is C.CCCc1ccccc1-c1cc(C)c2c(c1)C=[N+]1c3ccccc3[N+]3=Cc4cc(-c5ccccc5CC[N+](CC)(CC)CC)cc(C)c4OC13O2. The molecule has 0 amide bonds. The Bertz CT molecular complexity index is 2220. The molecule has 1 spiro atoms. The highest BCUT2D eigenvalue weighted by molar-refractivity contribution is 5.90. The fraction of sp³-hybridized carbons (Fsp3) is 0.319. The lowest BCUT2D eigenvalue weighted by Crippen LogP contribution is -2.59. The lowest BCUT2D eigenvalue weighted by molar-refractivity contribution is -0.923. The third-order valence-corrected chi connectivity index (χ3v) is 11.7. The summed E-state index contributed by atoms with van der Waals surface area (Å²) in [5.41, 5.74) is 14.2. The highest BCUT2D eigenvalue weighted by Gasteiger charge is 2.72. The third-order valence-electron chi connectivity index (χ3n) is 11.7. The van der Waals surface area contributed by atoms with E-state index in [1.807, 2.05) is 0 Å². The molecule has 0 saturated heterocycles. The molecule has 0 aliphatic carbocycles. The summed E-state index contributed by atoms with van der Waals surface area (Å²) < 4.78 is 19.8. The number of fused-ring (bicyclic) bond motifs is 5. The molecule has 0 saturated carbocycles. The summed E-state index contributed by atoms with van der Waals surface area (Å²) in [6.45, 7) is 18.1. The van der Waals surface area contributed by atoms with E-state index in [0.717, 1.165) is 95.1 Å². The van der Waals surface area contributed by atoms with Gasteiger partial charge < -0.3 is 14.0 Å².